The van der Waals surface area contributed by atoms with Gasteiger partial charge in [0.05, 0.1) is 12.6 Å². The van der Waals surface area contributed by atoms with Crippen LogP contribution in [0.15, 0.2) is 29.3 Å². The Balaban J connectivity index is 1.64. The Kier molecular flexibility index (Phi) is 7.17. The summed E-state index contributed by atoms with van der Waals surface area (Å²) in [5.74, 6) is 0.887. The summed E-state index contributed by atoms with van der Waals surface area (Å²) in [7, 11) is 3.53. The number of rotatable bonds is 7. The average molecular weight is 401 g/mol. The van der Waals surface area contributed by atoms with Gasteiger partial charge in [0, 0.05) is 44.3 Å². The van der Waals surface area contributed by atoms with E-state index in [1.165, 1.54) is 25.7 Å². The van der Waals surface area contributed by atoms with Crippen molar-refractivity contribution < 1.29 is 9.53 Å². The monoisotopic (exact) mass is 400 g/mol. The van der Waals surface area contributed by atoms with Crippen LogP contribution in [0.5, 0.6) is 0 Å². The number of carbonyl (C=O) groups excluding carboxylic acids is 1. The van der Waals surface area contributed by atoms with Crippen molar-refractivity contribution in [2.75, 3.05) is 27.2 Å². The van der Waals surface area contributed by atoms with Gasteiger partial charge in [-0.2, -0.15) is 0 Å². The maximum atomic E-state index is 12.0. The molecular weight excluding hydrogens is 364 g/mol. The Bertz CT molecular complexity index is 708. The largest absolute Gasteiger partial charge is 0.378 e. The molecule has 2 fully saturated rings. The molecule has 1 aromatic rings. The highest BCUT2D eigenvalue weighted by Gasteiger charge is 2.56. The third-order valence-electron chi connectivity index (χ3n) is 6.37. The van der Waals surface area contributed by atoms with Crippen molar-refractivity contribution in [3.63, 3.8) is 0 Å². The van der Waals surface area contributed by atoms with E-state index in [1.54, 1.807) is 19.0 Å². The first-order chi connectivity index (χ1) is 14.0. The smallest absolute Gasteiger partial charge is 0.253 e. The zero-order chi connectivity index (χ0) is 20.9. The summed E-state index contributed by atoms with van der Waals surface area (Å²) in [6.45, 7) is 6.39. The molecule has 2 aliphatic rings. The summed E-state index contributed by atoms with van der Waals surface area (Å²) in [4.78, 5) is 18.4. The number of amides is 1. The fourth-order valence-electron chi connectivity index (χ4n) is 4.76. The Labute approximate surface area is 175 Å². The van der Waals surface area contributed by atoms with Crippen LogP contribution in [-0.4, -0.2) is 56.2 Å². The van der Waals surface area contributed by atoms with E-state index < -0.39 is 0 Å². The number of benzene rings is 1. The number of guanidine groups is 1. The van der Waals surface area contributed by atoms with Gasteiger partial charge in [-0.3, -0.25) is 4.79 Å². The fourth-order valence-corrected chi connectivity index (χ4v) is 4.76. The van der Waals surface area contributed by atoms with Crippen molar-refractivity contribution in [1.82, 2.24) is 15.5 Å². The molecule has 0 saturated heterocycles. The van der Waals surface area contributed by atoms with Gasteiger partial charge in [0.2, 0.25) is 0 Å². The zero-order valence-electron chi connectivity index (χ0n) is 18.3. The molecule has 2 saturated carbocycles. The van der Waals surface area contributed by atoms with Gasteiger partial charge in [0.25, 0.3) is 5.91 Å². The summed E-state index contributed by atoms with van der Waals surface area (Å²) < 4.78 is 6.03. The summed E-state index contributed by atoms with van der Waals surface area (Å²) in [5, 5.41) is 7.08. The van der Waals surface area contributed by atoms with E-state index in [0.717, 1.165) is 31.1 Å². The Morgan fingerprint density at radius 3 is 2.48 bits per heavy atom. The number of ether oxygens (including phenoxy) is 1. The van der Waals surface area contributed by atoms with Gasteiger partial charge in [-0.25, -0.2) is 4.99 Å². The van der Waals surface area contributed by atoms with Gasteiger partial charge >= 0.3 is 0 Å². The lowest BCUT2D eigenvalue weighted by Crippen LogP contribution is -2.65. The molecular formula is C23H36N4O2. The molecule has 2 atom stereocenters. The van der Waals surface area contributed by atoms with Crippen molar-refractivity contribution in [3.05, 3.63) is 35.4 Å². The van der Waals surface area contributed by atoms with E-state index >= 15 is 0 Å². The SMILES string of the molecule is CCNC(=NCc1ccc(C(=O)N(C)C)cc1)NC1CC(OCC)C12CCCC2. The molecule has 0 aliphatic heterocycles. The Morgan fingerprint density at radius 2 is 1.90 bits per heavy atom. The highest BCUT2D eigenvalue weighted by Crippen LogP contribution is 2.54. The first-order valence-corrected chi connectivity index (χ1v) is 11.0. The molecule has 0 aromatic heterocycles. The first kappa shape index (κ1) is 21.6. The molecule has 1 aromatic carbocycles. The minimum Gasteiger partial charge on any atom is -0.378 e. The van der Waals surface area contributed by atoms with Crippen LogP contribution in [0.3, 0.4) is 0 Å². The van der Waals surface area contributed by atoms with Crippen LogP contribution in [-0.2, 0) is 11.3 Å². The summed E-state index contributed by atoms with van der Waals surface area (Å²) in [6, 6.07) is 8.15. The molecule has 0 radical (unpaired) electrons. The van der Waals surface area contributed by atoms with Crippen LogP contribution < -0.4 is 10.6 Å². The maximum Gasteiger partial charge on any atom is 0.253 e. The second kappa shape index (κ2) is 9.61. The Hall–Kier alpha value is -2.08. The topological polar surface area (TPSA) is 66.0 Å². The van der Waals surface area contributed by atoms with Gasteiger partial charge in [-0.15, -0.1) is 0 Å². The lowest BCUT2D eigenvalue weighted by molar-refractivity contribution is -0.125. The fraction of sp³-hybridized carbons (Fsp3) is 0.652. The quantitative estimate of drug-likeness (QED) is 0.545. The summed E-state index contributed by atoms with van der Waals surface area (Å²) >= 11 is 0. The van der Waals surface area contributed by atoms with Crippen LogP contribution in [0, 0.1) is 5.41 Å². The highest BCUT2D eigenvalue weighted by molar-refractivity contribution is 5.93. The summed E-state index contributed by atoms with van der Waals surface area (Å²) in [5.41, 5.74) is 2.07. The standard InChI is InChI=1S/C23H36N4O2/c1-5-24-22(25-16-17-9-11-18(12-10-17)21(28)27(3)4)26-19-15-20(29-6-2)23(19)13-7-8-14-23/h9-12,19-20H,5-8,13-16H2,1-4H3,(H2,24,25,26). The van der Waals surface area contributed by atoms with E-state index in [-0.39, 0.29) is 11.3 Å². The van der Waals surface area contributed by atoms with Gasteiger partial charge < -0.3 is 20.3 Å². The van der Waals surface area contributed by atoms with Crippen molar-refractivity contribution in [1.29, 1.82) is 0 Å². The number of nitrogens with zero attached hydrogens (tertiary/aromatic N) is 2. The number of hydrogen-bond donors (Lipinski definition) is 2. The normalized spacial score (nSPS) is 23.0. The van der Waals surface area contributed by atoms with E-state index in [4.69, 9.17) is 9.73 Å². The minimum atomic E-state index is 0.0192. The molecule has 3 rings (SSSR count). The van der Waals surface area contributed by atoms with Crippen LogP contribution in [0.4, 0.5) is 0 Å². The van der Waals surface area contributed by atoms with E-state index in [9.17, 15) is 4.79 Å². The third kappa shape index (κ3) is 4.74. The molecule has 6 heteroatoms. The van der Waals surface area contributed by atoms with Crippen molar-refractivity contribution in [2.24, 2.45) is 10.4 Å². The molecule has 0 heterocycles. The maximum absolute atomic E-state index is 12.0. The van der Waals surface area contributed by atoms with Crippen LogP contribution >= 0.6 is 0 Å². The van der Waals surface area contributed by atoms with Gasteiger partial charge in [-0.1, -0.05) is 25.0 Å². The Morgan fingerprint density at radius 1 is 1.21 bits per heavy atom. The minimum absolute atomic E-state index is 0.0192. The predicted molar refractivity (Wildman–Crippen MR) is 117 cm³/mol. The third-order valence-corrected chi connectivity index (χ3v) is 6.37. The summed E-state index contributed by atoms with van der Waals surface area (Å²) in [6.07, 6.45) is 6.53. The number of nitrogens with one attached hydrogen (secondary N) is 2. The van der Waals surface area contributed by atoms with E-state index in [0.29, 0.717) is 24.3 Å². The lowest BCUT2D eigenvalue weighted by atomic mass is 9.60. The molecule has 160 valence electrons. The molecule has 2 N–H and O–H groups in total. The van der Waals surface area contributed by atoms with Gasteiger partial charge in [0.15, 0.2) is 5.96 Å². The molecule has 0 bridgehead atoms. The molecule has 29 heavy (non-hydrogen) atoms. The first-order valence-electron chi connectivity index (χ1n) is 11.0. The van der Waals surface area contributed by atoms with Crippen molar-refractivity contribution >= 4 is 11.9 Å². The number of aliphatic imine (C=N–C) groups is 1. The molecule has 6 nitrogen and oxygen atoms in total. The van der Waals surface area contributed by atoms with Crippen molar-refractivity contribution in [2.45, 2.75) is 64.6 Å². The molecule has 2 unspecified atom stereocenters. The second-order valence-corrected chi connectivity index (χ2v) is 8.41. The van der Waals surface area contributed by atoms with Crippen LogP contribution in [0.25, 0.3) is 0 Å². The van der Waals surface area contributed by atoms with E-state index in [2.05, 4.69) is 24.5 Å². The average Bonchev–Trinajstić information content (AvgIpc) is 3.24. The predicted octanol–water partition coefficient (Wildman–Crippen LogP) is 3.18. The van der Waals surface area contributed by atoms with Gasteiger partial charge in [0.1, 0.15) is 0 Å². The molecule has 1 spiro atoms. The second-order valence-electron chi connectivity index (χ2n) is 8.41. The van der Waals surface area contributed by atoms with Crippen molar-refractivity contribution in [3.8, 4) is 0 Å². The highest BCUT2D eigenvalue weighted by atomic mass is 16.5. The van der Waals surface area contributed by atoms with Gasteiger partial charge in [-0.05, 0) is 50.8 Å². The van der Waals surface area contributed by atoms with Crippen LogP contribution in [0.1, 0.15) is 61.9 Å². The molecule has 2 aliphatic carbocycles. The lowest BCUT2D eigenvalue weighted by Gasteiger charge is -2.54. The molecule has 1 amide bonds. The zero-order valence-corrected chi connectivity index (χ0v) is 18.3. The number of carbonyl (C=O) groups is 1. The van der Waals surface area contributed by atoms with Crippen LogP contribution in [0.2, 0.25) is 0 Å². The van der Waals surface area contributed by atoms with E-state index in [1.807, 2.05) is 24.3 Å². The number of hydrogen-bond acceptors (Lipinski definition) is 3.